The van der Waals surface area contributed by atoms with Gasteiger partial charge in [0.1, 0.15) is 11.2 Å². The number of hydrogen-bond acceptors (Lipinski definition) is 4. The van der Waals surface area contributed by atoms with Crippen molar-refractivity contribution in [1.82, 2.24) is 15.0 Å². The van der Waals surface area contributed by atoms with Crippen molar-refractivity contribution in [3.63, 3.8) is 0 Å². The first-order valence-corrected chi connectivity index (χ1v) is 15.0. The minimum absolute atomic E-state index is 0.649. The molecule has 0 bridgehead atoms. The molecule has 9 aromatic rings. The molecule has 2 heterocycles. The lowest BCUT2D eigenvalue weighted by atomic mass is 9.93. The summed E-state index contributed by atoms with van der Waals surface area (Å²) in [4.78, 5) is 14.9. The number of furan rings is 1. The third kappa shape index (κ3) is 4.27. The lowest BCUT2D eigenvalue weighted by molar-refractivity contribution is 0.672. The van der Waals surface area contributed by atoms with Gasteiger partial charge in [0.2, 0.25) is 0 Å². The highest BCUT2D eigenvalue weighted by Gasteiger charge is 2.17. The predicted molar refractivity (Wildman–Crippen MR) is 184 cm³/mol. The number of aromatic nitrogens is 3. The fraction of sp³-hybridized carbons (Fsp3) is 0. The lowest BCUT2D eigenvalue weighted by Gasteiger charge is -2.13. The van der Waals surface area contributed by atoms with Crippen LogP contribution in [-0.2, 0) is 0 Å². The monoisotopic (exact) mass is 575 g/mol. The van der Waals surface area contributed by atoms with Crippen LogP contribution < -0.4 is 0 Å². The van der Waals surface area contributed by atoms with Crippen LogP contribution in [0.2, 0.25) is 0 Å². The Bertz CT molecular complexity index is 2480. The normalized spacial score (nSPS) is 11.6. The average molecular weight is 576 g/mol. The van der Waals surface area contributed by atoms with Gasteiger partial charge in [0.25, 0.3) is 0 Å². The summed E-state index contributed by atoms with van der Waals surface area (Å²) in [6, 6.07) is 52.2. The molecule has 0 N–H and O–H groups in total. The van der Waals surface area contributed by atoms with Gasteiger partial charge >= 0.3 is 0 Å². The van der Waals surface area contributed by atoms with E-state index in [9.17, 15) is 0 Å². The Morgan fingerprint density at radius 3 is 1.62 bits per heavy atom. The van der Waals surface area contributed by atoms with Gasteiger partial charge in [-0.15, -0.1) is 0 Å². The van der Waals surface area contributed by atoms with Gasteiger partial charge < -0.3 is 4.42 Å². The van der Waals surface area contributed by atoms with Gasteiger partial charge in [0.05, 0.1) is 0 Å². The smallest absolute Gasteiger partial charge is 0.164 e. The minimum atomic E-state index is 0.649. The molecule has 0 fully saturated rings. The molecule has 9 rings (SSSR count). The standard InChI is InChI=1S/C41H25N3O/c1-3-11-26(12-4-1)39-42-40(27-13-5-2-6-14-27)44-41(43-39)36-24-23-30(32-15-7-8-16-33(32)36)28-19-21-31-29(25-28)20-22-35-34-17-9-10-18-37(34)45-38(31)35/h1-25H. The first kappa shape index (κ1) is 25.4. The van der Waals surface area contributed by atoms with E-state index < -0.39 is 0 Å². The summed E-state index contributed by atoms with van der Waals surface area (Å²) in [5, 5.41) is 6.77. The van der Waals surface area contributed by atoms with Crippen LogP contribution in [0, 0.1) is 0 Å². The fourth-order valence-electron chi connectivity index (χ4n) is 6.35. The summed E-state index contributed by atoms with van der Waals surface area (Å²) in [5.74, 6) is 1.95. The van der Waals surface area contributed by atoms with Crippen molar-refractivity contribution in [3.8, 4) is 45.3 Å². The third-order valence-corrected chi connectivity index (χ3v) is 8.53. The summed E-state index contributed by atoms with van der Waals surface area (Å²) < 4.78 is 6.31. The van der Waals surface area contributed by atoms with E-state index in [-0.39, 0.29) is 0 Å². The molecule has 0 aliphatic carbocycles. The summed E-state index contributed by atoms with van der Waals surface area (Å²) in [6.07, 6.45) is 0. The molecule has 0 atom stereocenters. The Balaban J connectivity index is 1.21. The van der Waals surface area contributed by atoms with Crippen LogP contribution in [0.5, 0.6) is 0 Å². The highest BCUT2D eigenvalue weighted by Crippen LogP contribution is 2.39. The van der Waals surface area contributed by atoms with Crippen molar-refractivity contribution in [2.75, 3.05) is 0 Å². The molecule has 45 heavy (non-hydrogen) atoms. The highest BCUT2D eigenvalue weighted by atomic mass is 16.3. The van der Waals surface area contributed by atoms with Crippen LogP contribution >= 0.6 is 0 Å². The Kier molecular flexibility index (Phi) is 5.78. The highest BCUT2D eigenvalue weighted by molar-refractivity contribution is 6.16. The van der Waals surface area contributed by atoms with Crippen molar-refractivity contribution in [3.05, 3.63) is 152 Å². The van der Waals surface area contributed by atoms with Crippen LogP contribution in [0.25, 0.3) is 88.8 Å². The maximum Gasteiger partial charge on any atom is 0.164 e. The van der Waals surface area contributed by atoms with Gasteiger partial charge in [0, 0.05) is 32.8 Å². The van der Waals surface area contributed by atoms with Gasteiger partial charge in [-0.25, -0.2) is 15.0 Å². The maximum absolute atomic E-state index is 6.31. The van der Waals surface area contributed by atoms with E-state index in [2.05, 4.69) is 78.9 Å². The zero-order valence-electron chi connectivity index (χ0n) is 24.2. The van der Waals surface area contributed by atoms with Crippen molar-refractivity contribution < 1.29 is 4.42 Å². The van der Waals surface area contributed by atoms with Gasteiger partial charge in [0.15, 0.2) is 17.5 Å². The molecule has 0 saturated heterocycles. The summed E-state index contributed by atoms with van der Waals surface area (Å²) in [7, 11) is 0. The van der Waals surface area contributed by atoms with E-state index in [1.807, 2.05) is 72.8 Å². The first-order chi connectivity index (χ1) is 22.3. The Labute approximate surface area is 259 Å². The quantitative estimate of drug-likeness (QED) is 0.209. The van der Waals surface area contributed by atoms with Crippen LogP contribution in [0.15, 0.2) is 156 Å². The van der Waals surface area contributed by atoms with Crippen LogP contribution in [0.4, 0.5) is 0 Å². The summed E-state index contributed by atoms with van der Waals surface area (Å²) in [6.45, 7) is 0. The molecule has 210 valence electrons. The second kappa shape index (κ2) is 10.2. The van der Waals surface area contributed by atoms with E-state index in [0.29, 0.717) is 17.5 Å². The van der Waals surface area contributed by atoms with Gasteiger partial charge in [-0.05, 0) is 57.6 Å². The topological polar surface area (TPSA) is 51.8 Å². The predicted octanol–water partition coefficient (Wildman–Crippen LogP) is 10.7. The molecule has 4 heteroatoms. The molecule has 0 saturated carbocycles. The molecule has 0 amide bonds. The van der Waals surface area contributed by atoms with E-state index in [1.165, 1.54) is 0 Å². The van der Waals surface area contributed by atoms with Gasteiger partial charge in [-0.3, -0.25) is 0 Å². The van der Waals surface area contributed by atoms with Crippen LogP contribution in [0.3, 0.4) is 0 Å². The Hall–Kier alpha value is -6.13. The molecule has 7 aromatic carbocycles. The lowest BCUT2D eigenvalue weighted by Crippen LogP contribution is -2.00. The second-order valence-corrected chi connectivity index (χ2v) is 11.2. The van der Waals surface area contributed by atoms with Crippen molar-refractivity contribution in [2.24, 2.45) is 0 Å². The summed E-state index contributed by atoms with van der Waals surface area (Å²) in [5.41, 5.74) is 7.01. The van der Waals surface area contributed by atoms with E-state index in [4.69, 9.17) is 19.4 Å². The van der Waals surface area contributed by atoms with Gasteiger partial charge in [-0.2, -0.15) is 0 Å². The maximum atomic E-state index is 6.31. The number of para-hydroxylation sites is 1. The SMILES string of the molecule is c1ccc(-c2nc(-c3ccccc3)nc(-c3ccc(-c4ccc5c(ccc6c7ccccc7oc56)c4)c4ccccc34)n2)cc1. The molecular weight excluding hydrogens is 550 g/mol. The van der Waals surface area contributed by atoms with Crippen molar-refractivity contribution >= 4 is 43.5 Å². The van der Waals surface area contributed by atoms with Crippen molar-refractivity contribution in [2.45, 2.75) is 0 Å². The number of benzene rings is 7. The fourth-order valence-corrected chi connectivity index (χ4v) is 6.35. The molecule has 0 unspecified atom stereocenters. The van der Waals surface area contributed by atoms with Crippen molar-refractivity contribution in [1.29, 1.82) is 0 Å². The number of rotatable bonds is 4. The first-order valence-electron chi connectivity index (χ1n) is 15.0. The van der Waals surface area contributed by atoms with Gasteiger partial charge in [-0.1, -0.05) is 121 Å². The zero-order valence-corrected chi connectivity index (χ0v) is 24.2. The van der Waals surface area contributed by atoms with Crippen LogP contribution in [-0.4, -0.2) is 15.0 Å². The van der Waals surface area contributed by atoms with E-state index >= 15 is 0 Å². The molecular formula is C41H25N3O. The molecule has 0 spiro atoms. The third-order valence-electron chi connectivity index (χ3n) is 8.53. The zero-order chi connectivity index (χ0) is 29.7. The Morgan fingerprint density at radius 1 is 0.356 bits per heavy atom. The van der Waals surface area contributed by atoms with Crippen LogP contribution in [0.1, 0.15) is 0 Å². The number of hydrogen-bond donors (Lipinski definition) is 0. The minimum Gasteiger partial charge on any atom is -0.455 e. The molecule has 4 nitrogen and oxygen atoms in total. The molecule has 2 aromatic heterocycles. The second-order valence-electron chi connectivity index (χ2n) is 11.2. The molecule has 0 aliphatic heterocycles. The number of nitrogens with zero attached hydrogens (tertiary/aromatic N) is 3. The van der Waals surface area contributed by atoms with E-state index in [1.54, 1.807) is 0 Å². The molecule has 0 radical (unpaired) electrons. The van der Waals surface area contributed by atoms with E-state index in [0.717, 1.165) is 71.3 Å². The largest absolute Gasteiger partial charge is 0.455 e. The number of fused-ring (bicyclic) bond motifs is 6. The average Bonchev–Trinajstić information content (AvgIpc) is 3.51. The summed E-state index contributed by atoms with van der Waals surface area (Å²) >= 11 is 0. The molecule has 0 aliphatic rings. The Morgan fingerprint density at radius 2 is 0.911 bits per heavy atom.